The minimum Gasteiger partial charge on any atom is -0.454 e. The van der Waals surface area contributed by atoms with Crippen LogP contribution in [0.4, 0.5) is 0 Å². The number of para-hydroxylation sites is 2. The highest BCUT2D eigenvalue weighted by Gasteiger charge is 2.25. The summed E-state index contributed by atoms with van der Waals surface area (Å²) in [4.78, 5) is 30.8. The lowest BCUT2D eigenvalue weighted by Crippen LogP contribution is -2.00. The monoisotopic (exact) mass is 1580 g/mol. The van der Waals surface area contributed by atoms with E-state index in [9.17, 15) is 0 Å². The molecule has 24 aromatic rings. The number of hydrogen-bond acceptors (Lipinski definition) is 8. The van der Waals surface area contributed by atoms with Gasteiger partial charge in [0.1, 0.15) is 11.2 Å². The maximum atomic E-state index is 6.98. The van der Waals surface area contributed by atoms with E-state index in [0.717, 1.165) is 166 Å². The normalized spacial score (nSPS) is 11.5. The van der Waals surface area contributed by atoms with E-state index < -0.39 is 0 Å². The lowest BCUT2D eigenvalue weighted by atomic mass is 10.0. The van der Waals surface area contributed by atoms with Gasteiger partial charge in [-0.05, 0) is 152 Å². The van der Waals surface area contributed by atoms with E-state index in [1.807, 2.05) is 30.3 Å². The van der Waals surface area contributed by atoms with Crippen LogP contribution in [-0.4, -0.2) is 39.0 Å². The van der Waals surface area contributed by atoms with Gasteiger partial charge in [-0.1, -0.05) is 352 Å². The highest BCUT2D eigenvalue weighted by molar-refractivity contribution is 6.23. The predicted octanol–water partition coefficient (Wildman–Crippen LogP) is 29.7. The third-order valence-corrected chi connectivity index (χ3v) is 23.8. The highest BCUT2D eigenvalue weighted by Crippen LogP contribution is 2.45. The molecule has 0 aliphatic rings. The Labute approximate surface area is 713 Å². The van der Waals surface area contributed by atoms with Crippen LogP contribution < -0.4 is 0 Å². The fourth-order valence-electron chi connectivity index (χ4n) is 17.6. The summed E-state index contributed by atoms with van der Waals surface area (Å²) < 4.78 is 18.6. The van der Waals surface area contributed by atoms with Gasteiger partial charge in [0.2, 0.25) is 0 Å². The summed E-state index contributed by atoms with van der Waals surface area (Å²) in [6.45, 7) is 0. The van der Waals surface area contributed by atoms with Crippen molar-refractivity contribution in [3.8, 4) is 146 Å². The average molecular weight is 1590 g/mol. The first kappa shape index (κ1) is 72.4. The predicted molar refractivity (Wildman–Crippen MR) is 508 cm³/mol. The van der Waals surface area contributed by atoms with Crippen molar-refractivity contribution in [1.82, 2.24) is 39.0 Å². The second-order valence-corrected chi connectivity index (χ2v) is 31.2. The van der Waals surface area contributed by atoms with Gasteiger partial charge in [-0.3, -0.25) is 0 Å². The van der Waals surface area contributed by atoms with Gasteiger partial charge < -0.3 is 18.0 Å². The Bertz CT molecular complexity index is 7950. The van der Waals surface area contributed by atoms with Crippen molar-refractivity contribution >= 4 is 87.5 Å². The summed E-state index contributed by atoms with van der Waals surface area (Å²) in [6, 6.07) is 152. The quantitative estimate of drug-likeness (QED) is 0.106. The van der Waals surface area contributed by atoms with Crippen LogP contribution >= 0.6 is 0 Å². The maximum absolute atomic E-state index is 6.98. The van der Waals surface area contributed by atoms with Gasteiger partial charge in [-0.2, -0.15) is 0 Å². The van der Waals surface area contributed by atoms with Gasteiger partial charge in [0, 0.05) is 87.8 Å². The van der Waals surface area contributed by atoms with Crippen LogP contribution in [0.2, 0.25) is 0 Å². The number of fused-ring (bicyclic) bond motifs is 14. The van der Waals surface area contributed by atoms with Crippen LogP contribution in [0.5, 0.6) is 0 Å². The zero-order valence-electron chi connectivity index (χ0n) is 67.0. The molecule has 6 aromatic heterocycles. The number of rotatable bonds is 14. The topological polar surface area (TPSA) is 113 Å². The van der Waals surface area contributed by atoms with Crippen molar-refractivity contribution in [2.24, 2.45) is 0 Å². The Kier molecular flexibility index (Phi) is 18.0. The zero-order chi connectivity index (χ0) is 82.0. The third kappa shape index (κ3) is 13.3. The molecule has 124 heavy (non-hydrogen) atoms. The van der Waals surface area contributed by atoms with Crippen molar-refractivity contribution in [3.63, 3.8) is 0 Å². The standard InChI is InChI=1S/2C57H36N4O/c1-4-14-37(15-5-1)40-26-29-46(30-27-40)61-51-25-11-10-24-47(51)49-32-33-50-48-31-28-45(36-52(48)62-54(50)53(49)61)57-59-55(43-22-12-20-41(34-43)38-16-6-2-7-17-38)58-56(60-57)44-23-13-21-42(35-44)39-18-8-3-9-19-39;1-4-12-37(13-5-1)40-20-24-43(25-21-40)55-58-56(44-26-22-41(23-27-44)38-14-6-2-7-15-38)60-57(59-55)45-30-33-48-50-35-34-49-47-18-10-11-19-51(47)61(53(49)54(50)62-52(48)36-45)46-31-28-42(29-32-46)39-16-8-3-9-17-39/h2*1-36H. The molecule has 18 aromatic carbocycles. The largest absolute Gasteiger partial charge is 0.454 e. The molecule has 10 nitrogen and oxygen atoms in total. The summed E-state index contributed by atoms with van der Waals surface area (Å²) in [6.07, 6.45) is 0. The molecule has 0 N–H and O–H groups in total. The van der Waals surface area contributed by atoms with Gasteiger partial charge >= 0.3 is 0 Å². The Morgan fingerprint density at radius 3 is 0.710 bits per heavy atom. The molecule has 0 unspecified atom stereocenters. The van der Waals surface area contributed by atoms with Gasteiger partial charge in [0.05, 0.1) is 22.1 Å². The number of benzene rings is 18. The molecule has 0 bridgehead atoms. The van der Waals surface area contributed by atoms with Crippen LogP contribution in [0.1, 0.15) is 0 Å². The minimum atomic E-state index is 0.570. The van der Waals surface area contributed by atoms with Crippen LogP contribution in [0.3, 0.4) is 0 Å². The second-order valence-electron chi connectivity index (χ2n) is 31.2. The first-order chi connectivity index (χ1) is 61.4. The Morgan fingerprint density at radius 2 is 0.379 bits per heavy atom. The van der Waals surface area contributed by atoms with Crippen molar-refractivity contribution in [3.05, 3.63) is 437 Å². The molecule has 0 aliphatic carbocycles. The molecule has 0 aliphatic heterocycles. The molecule has 0 spiro atoms. The summed E-state index contributed by atoms with van der Waals surface area (Å²) in [5.41, 5.74) is 28.8. The van der Waals surface area contributed by atoms with Crippen molar-refractivity contribution < 1.29 is 8.83 Å². The van der Waals surface area contributed by atoms with Crippen LogP contribution in [0, 0.1) is 0 Å². The molecule has 0 atom stereocenters. The molecule has 0 radical (unpaired) electrons. The average Bonchev–Trinajstić information content (AvgIpc) is 1.56. The van der Waals surface area contributed by atoms with Gasteiger partial charge in [-0.15, -0.1) is 0 Å². The first-order valence-electron chi connectivity index (χ1n) is 41.7. The van der Waals surface area contributed by atoms with Gasteiger partial charge in [-0.25, -0.2) is 29.9 Å². The van der Waals surface area contributed by atoms with E-state index in [2.05, 4.69) is 416 Å². The molecule has 6 heterocycles. The molecule has 0 fully saturated rings. The van der Waals surface area contributed by atoms with Crippen LogP contribution in [0.25, 0.3) is 234 Å². The van der Waals surface area contributed by atoms with E-state index in [4.69, 9.17) is 38.7 Å². The zero-order valence-corrected chi connectivity index (χ0v) is 67.0. The molecular weight excluding hydrogens is 1510 g/mol. The fourth-order valence-corrected chi connectivity index (χ4v) is 17.6. The van der Waals surface area contributed by atoms with Crippen LogP contribution in [-0.2, 0) is 0 Å². The molecule has 24 rings (SSSR count). The molecule has 0 saturated carbocycles. The van der Waals surface area contributed by atoms with Crippen molar-refractivity contribution in [1.29, 1.82) is 0 Å². The SMILES string of the molecule is c1ccc(-c2ccc(-c3nc(-c4ccc(-c5ccccc5)cc4)nc(-c4ccc5c(c4)oc4c5ccc5c6ccccc6n(-c6ccc(-c7ccccc7)cc6)c54)n3)cc2)cc1.c1ccc(-c2ccc(-n3c4ccccc4c4ccc5c6ccc(-c7nc(-c8cccc(-c9ccccc9)c8)nc(-c8cccc(-c9ccccc9)c8)n7)cc6oc5c43)cc2)cc1. The van der Waals surface area contributed by atoms with Crippen molar-refractivity contribution in [2.45, 2.75) is 0 Å². The number of hydrogen-bond donors (Lipinski definition) is 0. The lowest BCUT2D eigenvalue weighted by Gasteiger charge is -2.10. The second kappa shape index (κ2) is 30.8. The fraction of sp³-hybridized carbons (Fsp3) is 0. The minimum absolute atomic E-state index is 0.570. The smallest absolute Gasteiger partial charge is 0.164 e. The molecule has 580 valence electrons. The van der Waals surface area contributed by atoms with Gasteiger partial charge in [0.25, 0.3) is 0 Å². The maximum Gasteiger partial charge on any atom is 0.164 e. The molecular formula is C114H72N8O2. The number of nitrogens with zero attached hydrogens (tertiary/aromatic N) is 8. The summed E-state index contributed by atoms with van der Waals surface area (Å²) in [5.74, 6) is 3.55. The number of aromatic nitrogens is 8. The highest BCUT2D eigenvalue weighted by atomic mass is 16.3. The van der Waals surface area contributed by atoms with Crippen molar-refractivity contribution in [2.75, 3.05) is 0 Å². The van der Waals surface area contributed by atoms with E-state index >= 15 is 0 Å². The van der Waals surface area contributed by atoms with E-state index in [-0.39, 0.29) is 0 Å². The summed E-state index contributed by atoms with van der Waals surface area (Å²) in [7, 11) is 0. The first-order valence-corrected chi connectivity index (χ1v) is 41.7. The lowest BCUT2D eigenvalue weighted by molar-refractivity contribution is 0.671. The van der Waals surface area contributed by atoms with Gasteiger partial charge in [0.15, 0.2) is 46.1 Å². The van der Waals surface area contributed by atoms with E-state index in [0.29, 0.717) is 34.9 Å². The molecule has 0 saturated heterocycles. The summed E-state index contributed by atoms with van der Waals surface area (Å²) in [5, 5.41) is 8.80. The summed E-state index contributed by atoms with van der Waals surface area (Å²) >= 11 is 0. The third-order valence-electron chi connectivity index (χ3n) is 23.8. The van der Waals surface area contributed by atoms with Crippen LogP contribution in [0.15, 0.2) is 446 Å². The van der Waals surface area contributed by atoms with E-state index in [1.165, 1.54) is 33.0 Å². The van der Waals surface area contributed by atoms with E-state index in [1.54, 1.807) is 0 Å². The Morgan fingerprint density at radius 1 is 0.153 bits per heavy atom. The Balaban J connectivity index is 0.000000143. The number of furan rings is 2. The molecule has 10 heteroatoms. The Hall–Kier alpha value is -16.8. The molecule has 0 amide bonds.